The van der Waals surface area contributed by atoms with Crippen LogP contribution in [0.5, 0.6) is 0 Å². The average molecular weight is 288 g/mol. The van der Waals surface area contributed by atoms with Gasteiger partial charge in [0, 0.05) is 19.5 Å². The lowest BCUT2D eigenvalue weighted by atomic mass is 9.90. The van der Waals surface area contributed by atoms with E-state index in [9.17, 15) is 0 Å². The maximum absolute atomic E-state index is 5.86. The average Bonchev–Trinajstić information content (AvgIpc) is 3.08. The van der Waals surface area contributed by atoms with Crippen LogP contribution in [0, 0.1) is 5.41 Å². The summed E-state index contributed by atoms with van der Waals surface area (Å²) >= 11 is 1.70. The van der Waals surface area contributed by atoms with E-state index < -0.39 is 0 Å². The van der Waals surface area contributed by atoms with Crippen molar-refractivity contribution in [2.75, 3.05) is 24.5 Å². The number of benzene rings is 1. The maximum Gasteiger partial charge on any atom is 0.208 e. The molecule has 106 valence electrons. The first-order chi connectivity index (χ1) is 9.68. The van der Waals surface area contributed by atoms with Gasteiger partial charge in [0.1, 0.15) is 5.01 Å². The first kappa shape index (κ1) is 13.5. The van der Waals surface area contributed by atoms with E-state index in [1.807, 2.05) is 6.07 Å². The summed E-state index contributed by atoms with van der Waals surface area (Å²) in [5.41, 5.74) is 7.36. The van der Waals surface area contributed by atoms with Crippen LogP contribution >= 0.6 is 11.3 Å². The maximum atomic E-state index is 5.86. The van der Waals surface area contributed by atoms with Crippen LogP contribution in [0.25, 0.3) is 0 Å². The van der Waals surface area contributed by atoms with E-state index in [1.54, 1.807) is 11.3 Å². The molecule has 1 atom stereocenters. The Bertz CT molecular complexity index is 568. The predicted octanol–water partition coefficient (Wildman–Crippen LogP) is 2.30. The SMILES string of the molecule is CC1(CN)CCN(c2nnc(Cc3ccccc3)s2)C1. The normalized spacial score (nSPS) is 22.4. The van der Waals surface area contributed by atoms with Crippen molar-refractivity contribution in [2.45, 2.75) is 19.8 Å². The molecule has 2 aromatic rings. The monoisotopic (exact) mass is 288 g/mol. The zero-order valence-electron chi connectivity index (χ0n) is 11.7. The molecule has 1 aromatic carbocycles. The first-order valence-corrected chi connectivity index (χ1v) is 7.81. The molecule has 1 saturated heterocycles. The summed E-state index contributed by atoms with van der Waals surface area (Å²) in [6.45, 7) is 5.01. The summed E-state index contributed by atoms with van der Waals surface area (Å²) in [6.07, 6.45) is 2.00. The lowest BCUT2D eigenvalue weighted by Gasteiger charge is -2.21. The van der Waals surface area contributed by atoms with Crippen LogP contribution in [0.1, 0.15) is 23.9 Å². The molecule has 20 heavy (non-hydrogen) atoms. The smallest absolute Gasteiger partial charge is 0.208 e. The van der Waals surface area contributed by atoms with Crippen molar-refractivity contribution in [3.63, 3.8) is 0 Å². The number of hydrogen-bond donors (Lipinski definition) is 1. The van der Waals surface area contributed by atoms with Gasteiger partial charge in [-0.2, -0.15) is 0 Å². The van der Waals surface area contributed by atoms with Crippen molar-refractivity contribution in [1.29, 1.82) is 0 Å². The third-order valence-electron chi connectivity index (χ3n) is 3.98. The van der Waals surface area contributed by atoms with Crippen molar-refractivity contribution in [1.82, 2.24) is 10.2 Å². The number of rotatable bonds is 4. The standard InChI is InChI=1S/C15H20N4S/c1-15(10-16)7-8-19(11-15)14-18-17-13(20-14)9-12-5-3-2-4-6-12/h2-6H,7-11,16H2,1H3. The van der Waals surface area contributed by atoms with E-state index in [1.165, 1.54) is 5.56 Å². The fraction of sp³-hybridized carbons (Fsp3) is 0.467. The molecule has 0 radical (unpaired) electrons. The lowest BCUT2D eigenvalue weighted by Crippen LogP contribution is -2.31. The summed E-state index contributed by atoms with van der Waals surface area (Å²) in [7, 11) is 0. The largest absolute Gasteiger partial charge is 0.346 e. The Balaban J connectivity index is 1.69. The highest BCUT2D eigenvalue weighted by Gasteiger charge is 2.33. The minimum Gasteiger partial charge on any atom is -0.346 e. The van der Waals surface area contributed by atoms with Gasteiger partial charge in [0.15, 0.2) is 0 Å². The van der Waals surface area contributed by atoms with Gasteiger partial charge < -0.3 is 10.6 Å². The molecule has 2 N–H and O–H groups in total. The van der Waals surface area contributed by atoms with Crippen LogP contribution in [0.4, 0.5) is 5.13 Å². The lowest BCUT2D eigenvalue weighted by molar-refractivity contribution is 0.383. The Hall–Kier alpha value is -1.46. The number of anilines is 1. The molecule has 0 bridgehead atoms. The molecule has 0 spiro atoms. The highest BCUT2D eigenvalue weighted by atomic mass is 32.1. The van der Waals surface area contributed by atoms with Crippen LogP contribution in [-0.4, -0.2) is 29.8 Å². The Labute approximate surface area is 123 Å². The summed E-state index contributed by atoms with van der Waals surface area (Å²) in [5.74, 6) is 0. The van der Waals surface area contributed by atoms with Crippen molar-refractivity contribution in [2.24, 2.45) is 11.1 Å². The van der Waals surface area contributed by atoms with E-state index in [0.717, 1.165) is 42.6 Å². The number of nitrogens with zero attached hydrogens (tertiary/aromatic N) is 3. The van der Waals surface area contributed by atoms with Crippen LogP contribution < -0.4 is 10.6 Å². The third-order valence-corrected chi connectivity index (χ3v) is 4.96. The zero-order chi connectivity index (χ0) is 14.0. The Kier molecular flexibility index (Phi) is 3.72. The quantitative estimate of drug-likeness (QED) is 0.938. The molecule has 2 heterocycles. The van der Waals surface area contributed by atoms with Crippen molar-refractivity contribution in [3.8, 4) is 0 Å². The number of hydrogen-bond acceptors (Lipinski definition) is 5. The zero-order valence-corrected chi connectivity index (χ0v) is 12.6. The second-order valence-corrected chi connectivity index (χ2v) is 6.87. The van der Waals surface area contributed by atoms with Crippen LogP contribution in [-0.2, 0) is 6.42 Å². The van der Waals surface area contributed by atoms with Crippen LogP contribution in [0.3, 0.4) is 0 Å². The van der Waals surface area contributed by atoms with Gasteiger partial charge in [0.05, 0.1) is 0 Å². The van der Waals surface area contributed by atoms with Crippen LogP contribution in [0.2, 0.25) is 0 Å². The fourth-order valence-electron chi connectivity index (χ4n) is 2.57. The molecule has 1 aliphatic rings. The van der Waals surface area contributed by atoms with Gasteiger partial charge in [0.2, 0.25) is 5.13 Å². The fourth-order valence-corrected chi connectivity index (χ4v) is 3.47. The van der Waals surface area contributed by atoms with Crippen molar-refractivity contribution in [3.05, 3.63) is 40.9 Å². The molecular formula is C15H20N4S. The Morgan fingerprint density at radius 2 is 2.10 bits per heavy atom. The Morgan fingerprint density at radius 3 is 2.80 bits per heavy atom. The van der Waals surface area contributed by atoms with Crippen molar-refractivity contribution < 1.29 is 0 Å². The summed E-state index contributed by atoms with van der Waals surface area (Å²) in [4.78, 5) is 2.32. The molecule has 0 amide bonds. The van der Waals surface area contributed by atoms with Gasteiger partial charge in [-0.15, -0.1) is 10.2 Å². The molecule has 4 nitrogen and oxygen atoms in total. The van der Waals surface area contributed by atoms with Gasteiger partial charge in [-0.1, -0.05) is 48.6 Å². The number of aromatic nitrogens is 2. The highest BCUT2D eigenvalue weighted by molar-refractivity contribution is 7.15. The molecule has 0 saturated carbocycles. The first-order valence-electron chi connectivity index (χ1n) is 7.00. The van der Waals surface area contributed by atoms with Crippen molar-refractivity contribution >= 4 is 16.5 Å². The van der Waals surface area contributed by atoms with Crippen LogP contribution in [0.15, 0.2) is 30.3 Å². The molecular weight excluding hydrogens is 268 g/mol. The molecule has 0 aliphatic carbocycles. The molecule has 1 fully saturated rings. The molecule has 1 aromatic heterocycles. The second-order valence-electron chi connectivity index (χ2n) is 5.83. The van der Waals surface area contributed by atoms with Gasteiger partial charge in [0.25, 0.3) is 0 Å². The minimum atomic E-state index is 0.227. The molecule has 1 unspecified atom stereocenters. The van der Waals surface area contributed by atoms with E-state index in [4.69, 9.17) is 5.73 Å². The number of nitrogens with two attached hydrogens (primary N) is 1. The molecule has 3 rings (SSSR count). The van der Waals surface area contributed by atoms with Gasteiger partial charge in [-0.25, -0.2) is 0 Å². The summed E-state index contributed by atoms with van der Waals surface area (Å²) in [6, 6.07) is 10.4. The second kappa shape index (κ2) is 5.50. The summed E-state index contributed by atoms with van der Waals surface area (Å²) < 4.78 is 0. The van der Waals surface area contributed by atoms with Gasteiger partial charge in [-0.05, 0) is 23.9 Å². The van der Waals surface area contributed by atoms with E-state index in [2.05, 4.69) is 46.3 Å². The molecule has 5 heteroatoms. The molecule has 1 aliphatic heterocycles. The van der Waals surface area contributed by atoms with Gasteiger partial charge >= 0.3 is 0 Å². The topological polar surface area (TPSA) is 55.0 Å². The van der Waals surface area contributed by atoms with Gasteiger partial charge in [-0.3, -0.25) is 0 Å². The highest BCUT2D eigenvalue weighted by Crippen LogP contribution is 2.33. The van der Waals surface area contributed by atoms with E-state index in [0.29, 0.717) is 0 Å². The van der Waals surface area contributed by atoms with E-state index in [-0.39, 0.29) is 5.41 Å². The Morgan fingerprint density at radius 1 is 1.30 bits per heavy atom. The predicted molar refractivity (Wildman–Crippen MR) is 83.1 cm³/mol. The minimum absolute atomic E-state index is 0.227. The third kappa shape index (κ3) is 2.83. The van der Waals surface area contributed by atoms with E-state index >= 15 is 0 Å². The summed E-state index contributed by atoms with van der Waals surface area (Å²) in [5, 5.41) is 10.8.